The van der Waals surface area contributed by atoms with Gasteiger partial charge in [0.05, 0.1) is 12.6 Å². The summed E-state index contributed by atoms with van der Waals surface area (Å²) in [6, 6.07) is 8.18. The molecule has 0 unspecified atom stereocenters. The Kier molecular flexibility index (Phi) is 6.88. The molecular weight excluding hydrogens is 268 g/mol. The van der Waals surface area contributed by atoms with Crippen molar-refractivity contribution < 1.29 is 14.3 Å². The summed E-state index contributed by atoms with van der Waals surface area (Å²) in [4.78, 5) is 24.0. The number of carbonyl (C=O) groups is 2. The van der Waals surface area contributed by atoms with Crippen LogP contribution < -0.4 is 11.1 Å². The molecule has 1 aromatic carbocycles. The van der Waals surface area contributed by atoms with Crippen molar-refractivity contribution in [1.29, 1.82) is 0 Å². The van der Waals surface area contributed by atoms with Crippen molar-refractivity contribution in [2.24, 2.45) is 11.7 Å². The van der Waals surface area contributed by atoms with E-state index in [1.165, 1.54) is 0 Å². The molecule has 3 N–H and O–H groups in total. The van der Waals surface area contributed by atoms with Crippen molar-refractivity contribution in [3.05, 3.63) is 35.9 Å². The Bertz CT molecular complexity index is 460. The first-order chi connectivity index (χ1) is 9.95. The van der Waals surface area contributed by atoms with Crippen molar-refractivity contribution >= 4 is 11.9 Å². The maximum absolute atomic E-state index is 12.1. The Balaban J connectivity index is 2.62. The summed E-state index contributed by atoms with van der Waals surface area (Å²) in [5.41, 5.74) is 6.89. The molecule has 21 heavy (non-hydrogen) atoms. The SMILES string of the molecule is CCOC(=O)[C@@H](NC(=O)[C@H](N)Cc1ccccc1)C(C)C. The minimum Gasteiger partial charge on any atom is -0.464 e. The molecule has 1 amide bonds. The van der Waals surface area contributed by atoms with E-state index in [4.69, 9.17) is 10.5 Å². The molecule has 0 bridgehead atoms. The third kappa shape index (κ3) is 5.55. The molecule has 1 aromatic rings. The molecule has 5 nitrogen and oxygen atoms in total. The highest BCUT2D eigenvalue weighted by atomic mass is 16.5. The van der Waals surface area contributed by atoms with Gasteiger partial charge in [-0.25, -0.2) is 4.79 Å². The van der Waals surface area contributed by atoms with Crippen molar-refractivity contribution in [2.45, 2.75) is 39.3 Å². The van der Waals surface area contributed by atoms with Crippen LogP contribution in [0, 0.1) is 5.92 Å². The van der Waals surface area contributed by atoms with E-state index in [1.807, 2.05) is 44.2 Å². The van der Waals surface area contributed by atoms with E-state index >= 15 is 0 Å². The smallest absolute Gasteiger partial charge is 0.328 e. The van der Waals surface area contributed by atoms with Crippen molar-refractivity contribution in [3.8, 4) is 0 Å². The van der Waals surface area contributed by atoms with Crippen molar-refractivity contribution in [3.63, 3.8) is 0 Å². The van der Waals surface area contributed by atoms with Gasteiger partial charge in [0, 0.05) is 0 Å². The molecule has 116 valence electrons. The van der Waals surface area contributed by atoms with Crippen LogP contribution in [0.4, 0.5) is 0 Å². The van der Waals surface area contributed by atoms with Crippen LogP contribution in [-0.2, 0) is 20.7 Å². The minimum atomic E-state index is -0.692. The number of nitrogens with one attached hydrogen (secondary N) is 1. The molecule has 2 atom stereocenters. The Labute approximate surface area is 125 Å². The highest BCUT2D eigenvalue weighted by molar-refractivity contribution is 5.87. The van der Waals surface area contributed by atoms with E-state index in [9.17, 15) is 9.59 Å². The fourth-order valence-corrected chi connectivity index (χ4v) is 1.95. The van der Waals surface area contributed by atoms with Gasteiger partial charge in [-0.3, -0.25) is 4.79 Å². The summed E-state index contributed by atoms with van der Waals surface area (Å²) in [6.07, 6.45) is 0.431. The third-order valence-corrected chi connectivity index (χ3v) is 3.14. The third-order valence-electron chi connectivity index (χ3n) is 3.14. The topological polar surface area (TPSA) is 81.4 Å². The van der Waals surface area contributed by atoms with Gasteiger partial charge in [0.1, 0.15) is 6.04 Å². The summed E-state index contributed by atoms with van der Waals surface area (Å²) in [5, 5.41) is 2.68. The molecule has 0 heterocycles. The second kappa shape index (κ2) is 8.42. The number of rotatable bonds is 7. The predicted octanol–water partition coefficient (Wildman–Crippen LogP) is 1.26. The van der Waals surface area contributed by atoms with Crippen LogP contribution >= 0.6 is 0 Å². The van der Waals surface area contributed by atoms with Gasteiger partial charge < -0.3 is 15.8 Å². The van der Waals surface area contributed by atoms with Crippen LogP contribution in [0.5, 0.6) is 0 Å². The van der Waals surface area contributed by atoms with Gasteiger partial charge in [-0.2, -0.15) is 0 Å². The summed E-state index contributed by atoms with van der Waals surface area (Å²) < 4.78 is 4.97. The zero-order chi connectivity index (χ0) is 15.8. The Morgan fingerprint density at radius 1 is 1.24 bits per heavy atom. The lowest BCUT2D eigenvalue weighted by Gasteiger charge is -2.22. The first-order valence-electron chi connectivity index (χ1n) is 7.22. The van der Waals surface area contributed by atoms with E-state index in [0.717, 1.165) is 5.56 Å². The van der Waals surface area contributed by atoms with Gasteiger partial charge in [-0.05, 0) is 24.8 Å². The highest BCUT2D eigenvalue weighted by Crippen LogP contribution is 2.06. The molecule has 0 aromatic heterocycles. The van der Waals surface area contributed by atoms with Gasteiger partial charge in [-0.15, -0.1) is 0 Å². The minimum absolute atomic E-state index is 0.0584. The molecule has 0 saturated carbocycles. The van der Waals surface area contributed by atoms with Crippen LogP contribution in [0.25, 0.3) is 0 Å². The summed E-state index contributed by atoms with van der Waals surface area (Å²) in [5.74, 6) is -0.824. The molecule has 0 saturated heterocycles. The normalized spacial score (nSPS) is 13.6. The fourth-order valence-electron chi connectivity index (χ4n) is 1.95. The first kappa shape index (κ1) is 17.2. The Morgan fingerprint density at radius 2 is 1.86 bits per heavy atom. The van der Waals surface area contributed by atoms with E-state index in [1.54, 1.807) is 6.92 Å². The van der Waals surface area contributed by atoms with E-state index in [2.05, 4.69) is 5.32 Å². The van der Waals surface area contributed by atoms with Gasteiger partial charge in [0.15, 0.2) is 0 Å². The van der Waals surface area contributed by atoms with Gasteiger partial charge in [0.25, 0.3) is 0 Å². The van der Waals surface area contributed by atoms with Gasteiger partial charge in [0.2, 0.25) is 5.91 Å². The lowest BCUT2D eigenvalue weighted by Crippen LogP contribution is -2.51. The Morgan fingerprint density at radius 3 is 2.38 bits per heavy atom. The van der Waals surface area contributed by atoms with Crippen LogP contribution in [0.1, 0.15) is 26.3 Å². The largest absolute Gasteiger partial charge is 0.464 e. The molecular formula is C16H24N2O3. The zero-order valence-electron chi connectivity index (χ0n) is 12.8. The maximum Gasteiger partial charge on any atom is 0.328 e. The summed E-state index contributed by atoms with van der Waals surface area (Å²) in [7, 11) is 0. The lowest BCUT2D eigenvalue weighted by molar-refractivity contribution is -0.148. The van der Waals surface area contributed by atoms with Crippen molar-refractivity contribution in [1.82, 2.24) is 5.32 Å². The predicted molar refractivity (Wildman–Crippen MR) is 81.5 cm³/mol. The standard InChI is InChI=1S/C16H24N2O3/c1-4-21-16(20)14(11(2)3)18-15(19)13(17)10-12-8-6-5-7-9-12/h5-9,11,13-14H,4,10,17H2,1-3H3,(H,18,19)/t13-,14+/m1/s1. The molecule has 0 aliphatic rings. The van der Waals surface area contributed by atoms with E-state index < -0.39 is 18.1 Å². The van der Waals surface area contributed by atoms with Crippen LogP contribution in [0.2, 0.25) is 0 Å². The average Bonchev–Trinajstić information content (AvgIpc) is 2.45. The van der Waals surface area contributed by atoms with Gasteiger partial charge >= 0.3 is 5.97 Å². The monoisotopic (exact) mass is 292 g/mol. The molecule has 0 spiro atoms. The van der Waals surface area contributed by atoms with Gasteiger partial charge in [-0.1, -0.05) is 44.2 Å². The second-order valence-corrected chi connectivity index (χ2v) is 5.28. The number of hydrogen-bond donors (Lipinski definition) is 2. The van der Waals surface area contributed by atoms with E-state index in [0.29, 0.717) is 6.42 Å². The Hall–Kier alpha value is -1.88. The van der Waals surface area contributed by atoms with Crippen LogP contribution in [0.15, 0.2) is 30.3 Å². The van der Waals surface area contributed by atoms with Crippen LogP contribution in [-0.4, -0.2) is 30.6 Å². The number of hydrogen-bond acceptors (Lipinski definition) is 4. The number of nitrogens with two attached hydrogens (primary N) is 1. The summed E-state index contributed by atoms with van der Waals surface area (Å²) >= 11 is 0. The van der Waals surface area contributed by atoms with Crippen molar-refractivity contribution in [2.75, 3.05) is 6.61 Å². The zero-order valence-corrected chi connectivity index (χ0v) is 12.8. The number of benzene rings is 1. The molecule has 0 aliphatic heterocycles. The van der Waals surface area contributed by atoms with E-state index in [-0.39, 0.29) is 18.4 Å². The molecule has 0 aliphatic carbocycles. The fraction of sp³-hybridized carbons (Fsp3) is 0.500. The molecule has 0 fully saturated rings. The number of carbonyl (C=O) groups excluding carboxylic acids is 2. The molecule has 0 radical (unpaired) electrons. The lowest BCUT2D eigenvalue weighted by atomic mass is 10.0. The number of esters is 1. The highest BCUT2D eigenvalue weighted by Gasteiger charge is 2.27. The number of amides is 1. The quantitative estimate of drug-likeness (QED) is 0.741. The molecule has 5 heteroatoms. The second-order valence-electron chi connectivity index (χ2n) is 5.28. The first-order valence-corrected chi connectivity index (χ1v) is 7.22. The molecule has 1 rings (SSSR count). The summed E-state index contributed by atoms with van der Waals surface area (Å²) in [6.45, 7) is 5.72. The number of ether oxygens (including phenoxy) is 1. The van der Waals surface area contributed by atoms with Crippen LogP contribution in [0.3, 0.4) is 0 Å². The maximum atomic E-state index is 12.1. The average molecular weight is 292 g/mol.